The van der Waals surface area contributed by atoms with Gasteiger partial charge in [0.05, 0.1) is 25.9 Å². The first-order valence-electron chi connectivity index (χ1n) is 8.33. The Labute approximate surface area is 139 Å². The lowest BCUT2D eigenvalue weighted by atomic mass is 10.0. The minimum atomic E-state index is 0.0470. The average Bonchev–Trinajstić information content (AvgIpc) is 2.54. The largest absolute Gasteiger partial charge is 0.376 e. The van der Waals surface area contributed by atoms with E-state index in [2.05, 4.69) is 30.1 Å². The highest BCUT2D eigenvalue weighted by Crippen LogP contribution is 2.23. The number of nitrogens with zero attached hydrogens (tertiary/aromatic N) is 1. The lowest BCUT2D eigenvalue weighted by Crippen LogP contribution is -2.39. The van der Waals surface area contributed by atoms with Crippen molar-refractivity contribution in [3.05, 3.63) is 29.8 Å². The predicted molar refractivity (Wildman–Crippen MR) is 91.8 cm³/mol. The molecule has 1 fully saturated rings. The molecule has 0 unspecified atom stereocenters. The number of hydrogen-bond acceptors (Lipinski definition) is 4. The lowest BCUT2D eigenvalue weighted by molar-refractivity contribution is -0.117. The van der Waals surface area contributed by atoms with Crippen LogP contribution < -0.4 is 5.32 Å². The first-order chi connectivity index (χ1) is 11.1. The molecule has 1 N–H and O–H groups in total. The van der Waals surface area contributed by atoms with Crippen molar-refractivity contribution in [3.63, 3.8) is 0 Å². The molecule has 0 radical (unpaired) electrons. The highest BCUT2D eigenvalue weighted by Gasteiger charge is 2.17. The van der Waals surface area contributed by atoms with Gasteiger partial charge in [0.1, 0.15) is 0 Å². The van der Waals surface area contributed by atoms with Crippen molar-refractivity contribution in [2.45, 2.75) is 32.3 Å². The van der Waals surface area contributed by atoms with Gasteiger partial charge in [0, 0.05) is 25.2 Å². The summed E-state index contributed by atoms with van der Waals surface area (Å²) in [5.74, 6) is 0.434. The topological polar surface area (TPSA) is 50.8 Å². The van der Waals surface area contributed by atoms with E-state index >= 15 is 0 Å². The third-order valence-corrected chi connectivity index (χ3v) is 3.98. The summed E-state index contributed by atoms with van der Waals surface area (Å²) in [4.78, 5) is 14.3. The Balaban J connectivity index is 1.76. The highest BCUT2D eigenvalue weighted by atomic mass is 16.6. The lowest BCUT2D eigenvalue weighted by Gasteiger charge is -2.27. The van der Waals surface area contributed by atoms with E-state index < -0.39 is 0 Å². The van der Waals surface area contributed by atoms with Crippen LogP contribution in [0.3, 0.4) is 0 Å². The van der Waals surface area contributed by atoms with Crippen LogP contribution in [0.2, 0.25) is 0 Å². The van der Waals surface area contributed by atoms with E-state index in [1.807, 2.05) is 25.2 Å². The van der Waals surface area contributed by atoms with Crippen LogP contribution in [0.1, 0.15) is 31.7 Å². The number of ether oxygens (including phenoxy) is 2. The van der Waals surface area contributed by atoms with E-state index in [-0.39, 0.29) is 12.0 Å². The first-order valence-corrected chi connectivity index (χ1v) is 8.33. The summed E-state index contributed by atoms with van der Waals surface area (Å²) in [7, 11) is 2.01. The van der Waals surface area contributed by atoms with Gasteiger partial charge in [-0.1, -0.05) is 32.0 Å². The van der Waals surface area contributed by atoms with E-state index in [1.165, 1.54) is 5.56 Å². The molecule has 2 rings (SSSR count). The number of para-hydroxylation sites is 1. The maximum atomic E-state index is 12.2. The Morgan fingerprint density at radius 2 is 2.13 bits per heavy atom. The Bertz CT molecular complexity index is 499. The molecule has 5 nitrogen and oxygen atoms in total. The normalized spacial score (nSPS) is 18.4. The van der Waals surface area contributed by atoms with E-state index in [9.17, 15) is 4.79 Å². The molecule has 1 heterocycles. The van der Waals surface area contributed by atoms with Crippen molar-refractivity contribution in [2.75, 3.05) is 45.3 Å². The molecule has 0 bridgehead atoms. The molecule has 0 saturated carbocycles. The van der Waals surface area contributed by atoms with Crippen LogP contribution >= 0.6 is 0 Å². The number of hydrogen-bond donors (Lipinski definition) is 1. The summed E-state index contributed by atoms with van der Waals surface area (Å²) in [6.45, 7) is 7.72. The highest BCUT2D eigenvalue weighted by molar-refractivity contribution is 5.91. The monoisotopic (exact) mass is 320 g/mol. The van der Waals surface area contributed by atoms with Crippen molar-refractivity contribution in [1.29, 1.82) is 0 Å². The van der Waals surface area contributed by atoms with Gasteiger partial charge in [-0.15, -0.1) is 0 Å². The number of nitrogens with one attached hydrogen (secondary N) is 1. The van der Waals surface area contributed by atoms with Crippen LogP contribution in [-0.4, -0.2) is 56.9 Å². The zero-order valence-electron chi connectivity index (χ0n) is 14.4. The third kappa shape index (κ3) is 5.94. The zero-order chi connectivity index (χ0) is 16.7. The molecule has 23 heavy (non-hydrogen) atoms. The van der Waals surface area contributed by atoms with Crippen LogP contribution in [0.15, 0.2) is 24.3 Å². The quantitative estimate of drug-likeness (QED) is 0.838. The third-order valence-electron chi connectivity index (χ3n) is 3.98. The second-order valence-corrected chi connectivity index (χ2v) is 6.37. The van der Waals surface area contributed by atoms with Crippen molar-refractivity contribution >= 4 is 11.6 Å². The van der Waals surface area contributed by atoms with Crippen molar-refractivity contribution in [2.24, 2.45) is 0 Å². The minimum Gasteiger partial charge on any atom is -0.376 e. The van der Waals surface area contributed by atoms with Crippen LogP contribution in [0, 0.1) is 0 Å². The van der Waals surface area contributed by atoms with Gasteiger partial charge in [-0.05, 0) is 24.6 Å². The van der Waals surface area contributed by atoms with E-state index in [0.29, 0.717) is 38.7 Å². The maximum absolute atomic E-state index is 12.2. The molecule has 128 valence electrons. The maximum Gasteiger partial charge on any atom is 0.225 e. The molecule has 1 aliphatic rings. The number of anilines is 1. The molecule has 0 aromatic heterocycles. The molecule has 1 aliphatic heterocycles. The fraction of sp³-hybridized carbons (Fsp3) is 0.611. The van der Waals surface area contributed by atoms with Crippen LogP contribution in [0.5, 0.6) is 0 Å². The molecule has 1 aromatic rings. The van der Waals surface area contributed by atoms with Crippen molar-refractivity contribution in [1.82, 2.24) is 4.90 Å². The second-order valence-electron chi connectivity index (χ2n) is 6.37. The van der Waals surface area contributed by atoms with Gasteiger partial charge >= 0.3 is 0 Å². The predicted octanol–water partition coefficient (Wildman–Crippen LogP) is 2.49. The van der Waals surface area contributed by atoms with Gasteiger partial charge < -0.3 is 19.7 Å². The summed E-state index contributed by atoms with van der Waals surface area (Å²) >= 11 is 0. The molecule has 1 atom stereocenters. The summed E-state index contributed by atoms with van der Waals surface area (Å²) < 4.78 is 11.0. The standard InChI is InChI=1S/C18H28N2O3/c1-14(2)16-6-4-5-7-17(16)19-18(21)8-9-20(3)12-15-13-22-10-11-23-15/h4-7,14-15H,8-13H2,1-3H3,(H,19,21)/t15-/m0/s1. The summed E-state index contributed by atoms with van der Waals surface area (Å²) in [6, 6.07) is 7.98. The Hall–Kier alpha value is -1.43. The molecule has 0 spiro atoms. The Morgan fingerprint density at radius 1 is 1.35 bits per heavy atom. The zero-order valence-corrected chi connectivity index (χ0v) is 14.4. The number of rotatable bonds is 7. The van der Waals surface area contributed by atoms with Gasteiger partial charge in [-0.3, -0.25) is 4.79 Å². The average molecular weight is 320 g/mol. The summed E-state index contributed by atoms with van der Waals surface area (Å²) in [6.07, 6.45) is 0.578. The molecule has 1 amide bonds. The van der Waals surface area contributed by atoms with Crippen LogP contribution in [0.25, 0.3) is 0 Å². The van der Waals surface area contributed by atoms with Crippen LogP contribution in [-0.2, 0) is 14.3 Å². The van der Waals surface area contributed by atoms with E-state index in [1.54, 1.807) is 0 Å². The van der Waals surface area contributed by atoms with Crippen molar-refractivity contribution in [3.8, 4) is 0 Å². The number of carbonyl (C=O) groups excluding carboxylic acids is 1. The fourth-order valence-electron chi connectivity index (χ4n) is 2.70. The molecule has 1 aromatic carbocycles. The molecule has 5 heteroatoms. The minimum absolute atomic E-state index is 0.0470. The van der Waals surface area contributed by atoms with Crippen molar-refractivity contribution < 1.29 is 14.3 Å². The fourth-order valence-corrected chi connectivity index (χ4v) is 2.70. The second kappa shape index (κ2) is 9.01. The van der Waals surface area contributed by atoms with Gasteiger partial charge in [0.2, 0.25) is 5.91 Å². The first kappa shape index (κ1) is 17.9. The molecular formula is C18H28N2O3. The molecule has 0 aliphatic carbocycles. The van der Waals surface area contributed by atoms with Crippen LogP contribution in [0.4, 0.5) is 5.69 Å². The SMILES string of the molecule is CC(C)c1ccccc1NC(=O)CCN(C)C[C@H]1COCCO1. The summed E-state index contributed by atoms with van der Waals surface area (Å²) in [5.41, 5.74) is 2.08. The number of amides is 1. The van der Waals surface area contributed by atoms with E-state index in [0.717, 1.165) is 12.2 Å². The number of carbonyl (C=O) groups is 1. The van der Waals surface area contributed by atoms with Gasteiger partial charge in [0.25, 0.3) is 0 Å². The van der Waals surface area contributed by atoms with Gasteiger partial charge in [0.15, 0.2) is 0 Å². The summed E-state index contributed by atoms with van der Waals surface area (Å²) in [5, 5.41) is 3.03. The van der Waals surface area contributed by atoms with E-state index in [4.69, 9.17) is 9.47 Å². The smallest absolute Gasteiger partial charge is 0.225 e. The Kier molecular flexibility index (Phi) is 7.02. The number of likely N-dealkylation sites (N-methyl/N-ethyl adjacent to an activating group) is 1. The molecule has 1 saturated heterocycles. The number of benzene rings is 1. The Morgan fingerprint density at radius 3 is 2.83 bits per heavy atom. The van der Waals surface area contributed by atoms with Gasteiger partial charge in [-0.25, -0.2) is 0 Å². The van der Waals surface area contributed by atoms with Gasteiger partial charge in [-0.2, -0.15) is 0 Å². The molecular weight excluding hydrogens is 292 g/mol.